The highest BCUT2D eigenvalue weighted by atomic mass is 19.1. The van der Waals surface area contributed by atoms with Crippen molar-refractivity contribution in [3.63, 3.8) is 0 Å². The third kappa shape index (κ3) is 3.59. The minimum Gasteiger partial charge on any atom is -0.495 e. The summed E-state index contributed by atoms with van der Waals surface area (Å²) in [6, 6.07) is 12.6. The van der Waals surface area contributed by atoms with Crippen molar-refractivity contribution in [2.24, 2.45) is 0 Å². The Morgan fingerprint density at radius 2 is 1.93 bits per heavy atom. The molecular formula is C22H20FN3O3. The number of nitrogens with zero attached hydrogens (tertiary/aromatic N) is 1. The molecule has 1 fully saturated rings. The molecule has 1 saturated heterocycles. The second kappa shape index (κ2) is 7.79. The number of carbonyl (C=O) groups is 2. The zero-order chi connectivity index (χ0) is 20.4. The monoisotopic (exact) mass is 393 g/mol. The summed E-state index contributed by atoms with van der Waals surface area (Å²) < 4.78 is 18.5. The lowest BCUT2D eigenvalue weighted by atomic mass is 10.0. The standard InChI is InChI=1S/C22H20FN3O3/c1-29-20-5-3-2-4-19(20)26-11-10-18(22(26)28)25-21(27)17-13-24-12-16(17)14-6-8-15(23)9-7-14/h2-9,12-13,18,24H,10-11H2,1H3,(H,25,27)/t18-/m1/s1. The van der Waals surface area contributed by atoms with Crippen LogP contribution < -0.4 is 15.0 Å². The summed E-state index contributed by atoms with van der Waals surface area (Å²) in [7, 11) is 1.56. The van der Waals surface area contributed by atoms with E-state index < -0.39 is 6.04 Å². The zero-order valence-corrected chi connectivity index (χ0v) is 15.8. The molecule has 148 valence electrons. The lowest BCUT2D eigenvalue weighted by Crippen LogP contribution is -2.41. The Kier molecular flexibility index (Phi) is 5.03. The number of aromatic amines is 1. The van der Waals surface area contributed by atoms with Crippen molar-refractivity contribution in [3.8, 4) is 16.9 Å². The molecule has 0 unspecified atom stereocenters. The van der Waals surface area contributed by atoms with Gasteiger partial charge in [0, 0.05) is 24.5 Å². The molecule has 1 aliphatic heterocycles. The van der Waals surface area contributed by atoms with Crippen LogP contribution >= 0.6 is 0 Å². The molecule has 0 radical (unpaired) electrons. The lowest BCUT2D eigenvalue weighted by Gasteiger charge is -2.19. The van der Waals surface area contributed by atoms with Crippen molar-refractivity contribution in [2.75, 3.05) is 18.6 Å². The number of aromatic nitrogens is 1. The molecule has 2 amide bonds. The van der Waals surface area contributed by atoms with Crippen molar-refractivity contribution >= 4 is 17.5 Å². The molecule has 0 saturated carbocycles. The Morgan fingerprint density at radius 1 is 1.17 bits per heavy atom. The maximum atomic E-state index is 13.2. The summed E-state index contributed by atoms with van der Waals surface area (Å²) in [5, 5.41) is 2.82. The SMILES string of the molecule is COc1ccccc1N1CC[C@@H](NC(=O)c2c[nH]cc2-c2ccc(F)cc2)C1=O. The summed E-state index contributed by atoms with van der Waals surface area (Å²) in [6.07, 6.45) is 3.75. The van der Waals surface area contributed by atoms with E-state index in [1.165, 1.54) is 12.1 Å². The van der Waals surface area contributed by atoms with E-state index in [2.05, 4.69) is 10.3 Å². The number of para-hydroxylation sites is 2. The highest BCUT2D eigenvalue weighted by Gasteiger charge is 2.35. The smallest absolute Gasteiger partial charge is 0.254 e. The molecule has 3 aromatic rings. The van der Waals surface area contributed by atoms with E-state index in [0.29, 0.717) is 41.1 Å². The number of anilines is 1. The molecule has 4 rings (SSSR count). The van der Waals surface area contributed by atoms with Gasteiger partial charge in [0.15, 0.2) is 0 Å². The van der Waals surface area contributed by atoms with Gasteiger partial charge in [-0.15, -0.1) is 0 Å². The number of ether oxygens (including phenoxy) is 1. The number of rotatable bonds is 5. The van der Waals surface area contributed by atoms with Crippen LogP contribution in [0.2, 0.25) is 0 Å². The number of carbonyl (C=O) groups excluding carboxylic acids is 2. The van der Waals surface area contributed by atoms with E-state index in [-0.39, 0.29) is 17.6 Å². The number of nitrogens with one attached hydrogen (secondary N) is 2. The van der Waals surface area contributed by atoms with Crippen molar-refractivity contribution in [1.29, 1.82) is 0 Å². The molecule has 2 N–H and O–H groups in total. The second-order valence-electron chi connectivity index (χ2n) is 6.77. The second-order valence-corrected chi connectivity index (χ2v) is 6.77. The highest BCUT2D eigenvalue weighted by molar-refractivity contribution is 6.06. The molecule has 1 atom stereocenters. The summed E-state index contributed by atoms with van der Waals surface area (Å²) in [6.45, 7) is 0.488. The summed E-state index contributed by atoms with van der Waals surface area (Å²) in [5.74, 6) is -0.271. The molecule has 2 heterocycles. The van der Waals surface area contributed by atoms with Crippen LogP contribution in [0.15, 0.2) is 60.9 Å². The van der Waals surface area contributed by atoms with Crippen LogP contribution in [0.1, 0.15) is 16.8 Å². The van der Waals surface area contributed by atoms with E-state index in [0.717, 1.165) is 0 Å². The van der Waals surface area contributed by atoms with Crippen LogP contribution in [0.5, 0.6) is 5.75 Å². The van der Waals surface area contributed by atoms with E-state index in [1.54, 1.807) is 42.6 Å². The van der Waals surface area contributed by atoms with Crippen molar-refractivity contribution in [3.05, 3.63) is 72.3 Å². The Hall–Kier alpha value is -3.61. The molecular weight excluding hydrogens is 373 g/mol. The number of benzene rings is 2. The van der Waals surface area contributed by atoms with Gasteiger partial charge in [-0.2, -0.15) is 0 Å². The van der Waals surface area contributed by atoms with Crippen LogP contribution in [0.3, 0.4) is 0 Å². The molecule has 2 aromatic carbocycles. The zero-order valence-electron chi connectivity index (χ0n) is 15.8. The third-order valence-corrected chi connectivity index (χ3v) is 5.03. The average Bonchev–Trinajstić information content (AvgIpc) is 3.36. The number of halogens is 1. The Balaban J connectivity index is 1.51. The molecule has 0 spiro atoms. The predicted molar refractivity (Wildman–Crippen MR) is 107 cm³/mol. The van der Waals surface area contributed by atoms with Crippen molar-refractivity contribution in [2.45, 2.75) is 12.5 Å². The van der Waals surface area contributed by atoms with Gasteiger partial charge in [-0.3, -0.25) is 9.59 Å². The summed E-state index contributed by atoms with van der Waals surface area (Å²) >= 11 is 0. The van der Waals surface area contributed by atoms with E-state index in [1.807, 2.05) is 18.2 Å². The van der Waals surface area contributed by atoms with E-state index >= 15 is 0 Å². The fraction of sp³-hybridized carbons (Fsp3) is 0.182. The lowest BCUT2D eigenvalue weighted by molar-refractivity contribution is -0.118. The maximum Gasteiger partial charge on any atom is 0.254 e. The van der Waals surface area contributed by atoms with Gasteiger partial charge in [0.2, 0.25) is 5.91 Å². The van der Waals surface area contributed by atoms with Gasteiger partial charge < -0.3 is 19.9 Å². The Morgan fingerprint density at radius 3 is 2.69 bits per heavy atom. The van der Waals surface area contributed by atoms with Gasteiger partial charge in [0.1, 0.15) is 17.6 Å². The average molecular weight is 393 g/mol. The van der Waals surface area contributed by atoms with E-state index in [4.69, 9.17) is 4.74 Å². The van der Waals surface area contributed by atoms with Crippen LogP contribution in [0.25, 0.3) is 11.1 Å². The van der Waals surface area contributed by atoms with Crippen LogP contribution in [0, 0.1) is 5.82 Å². The summed E-state index contributed by atoms with van der Waals surface area (Å²) in [5.41, 5.74) is 2.45. The minimum atomic E-state index is -0.622. The molecule has 29 heavy (non-hydrogen) atoms. The third-order valence-electron chi connectivity index (χ3n) is 5.03. The number of amides is 2. The first-order chi connectivity index (χ1) is 14.1. The van der Waals surface area contributed by atoms with Crippen molar-refractivity contribution < 1.29 is 18.7 Å². The van der Waals surface area contributed by atoms with Crippen LogP contribution in [0.4, 0.5) is 10.1 Å². The molecule has 0 bridgehead atoms. The van der Waals surface area contributed by atoms with Gasteiger partial charge in [-0.1, -0.05) is 24.3 Å². The Labute approximate surface area is 167 Å². The highest BCUT2D eigenvalue weighted by Crippen LogP contribution is 2.31. The first-order valence-corrected chi connectivity index (χ1v) is 9.26. The molecule has 1 aromatic heterocycles. The fourth-order valence-electron chi connectivity index (χ4n) is 3.56. The van der Waals surface area contributed by atoms with Crippen molar-refractivity contribution in [1.82, 2.24) is 10.3 Å². The number of methoxy groups -OCH3 is 1. The fourth-order valence-corrected chi connectivity index (χ4v) is 3.56. The molecule has 1 aliphatic rings. The van der Waals surface area contributed by atoms with Gasteiger partial charge >= 0.3 is 0 Å². The van der Waals surface area contributed by atoms with Gasteiger partial charge in [0.05, 0.1) is 18.4 Å². The van der Waals surface area contributed by atoms with Crippen LogP contribution in [-0.2, 0) is 4.79 Å². The maximum absolute atomic E-state index is 13.2. The number of hydrogen-bond acceptors (Lipinski definition) is 3. The normalized spacial score (nSPS) is 16.1. The predicted octanol–water partition coefficient (Wildman–Crippen LogP) is 3.36. The summed E-state index contributed by atoms with van der Waals surface area (Å²) in [4.78, 5) is 30.3. The number of hydrogen-bond donors (Lipinski definition) is 2. The molecule has 0 aliphatic carbocycles. The number of H-pyrrole nitrogens is 1. The first kappa shape index (κ1) is 18.7. The molecule has 6 nitrogen and oxygen atoms in total. The van der Waals surface area contributed by atoms with Crippen LogP contribution in [-0.4, -0.2) is 36.5 Å². The van der Waals surface area contributed by atoms with Gasteiger partial charge in [-0.25, -0.2) is 4.39 Å². The van der Waals surface area contributed by atoms with Gasteiger partial charge in [-0.05, 0) is 36.2 Å². The van der Waals surface area contributed by atoms with E-state index in [9.17, 15) is 14.0 Å². The largest absolute Gasteiger partial charge is 0.495 e. The van der Waals surface area contributed by atoms with Gasteiger partial charge in [0.25, 0.3) is 5.91 Å². The first-order valence-electron chi connectivity index (χ1n) is 9.26. The minimum absolute atomic E-state index is 0.179. The quantitative estimate of drug-likeness (QED) is 0.698. The Bertz CT molecular complexity index is 1050. The molecule has 7 heteroatoms. The topological polar surface area (TPSA) is 74.4 Å².